The van der Waals surface area contributed by atoms with E-state index in [1.165, 1.54) is 4.31 Å². The van der Waals surface area contributed by atoms with E-state index in [0.29, 0.717) is 12.2 Å². The van der Waals surface area contributed by atoms with E-state index in [2.05, 4.69) is 4.98 Å². The van der Waals surface area contributed by atoms with Crippen molar-refractivity contribution >= 4 is 10.0 Å². The lowest BCUT2D eigenvalue weighted by Gasteiger charge is -2.28. The molecule has 1 aromatic rings. The standard InChI is InChI=1S/C13H23N3O2S/c1-10(2)9-16(11(3)4)19(17,18)13-6-5-7-15-12(13)8-14/h5-7,10-11H,8-9,14H2,1-4H3. The smallest absolute Gasteiger partial charge is 0.245 e. The minimum Gasteiger partial charge on any atom is -0.325 e. The van der Waals surface area contributed by atoms with E-state index in [9.17, 15) is 8.42 Å². The second-order valence-corrected chi connectivity index (χ2v) is 7.07. The SMILES string of the molecule is CC(C)CN(C(C)C)S(=O)(=O)c1cccnc1CN. The fraction of sp³-hybridized carbons (Fsp3) is 0.615. The van der Waals surface area contributed by atoms with Gasteiger partial charge in [0.25, 0.3) is 0 Å². The highest BCUT2D eigenvalue weighted by Crippen LogP contribution is 2.21. The van der Waals surface area contributed by atoms with Gasteiger partial charge in [-0.25, -0.2) is 8.42 Å². The van der Waals surface area contributed by atoms with E-state index < -0.39 is 10.0 Å². The highest BCUT2D eigenvalue weighted by molar-refractivity contribution is 7.89. The molecule has 0 aliphatic carbocycles. The quantitative estimate of drug-likeness (QED) is 0.861. The van der Waals surface area contributed by atoms with Gasteiger partial charge in [-0.15, -0.1) is 0 Å². The summed E-state index contributed by atoms with van der Waals surface area (Å²) in [4.78, 5) is 4.27. The van der Waals surface area contributed by atoms with Crippen molar-refractivity contribution < 1.29 is 8.42 Å². The van der Waals surface area contributed by atoms with Gasteiger partial charge < -0.3 is 5.73 Å². The fourth-order valence-electron chi connectivity index (χ4n) is 1.88. The van der Waals surface area contributed by atoms with Gasteiger partial charge in [-0.3, -0.25) is 4.98 Å². The molecule has 0 saturated heterocycles. The minimum absolute atomic E-state index is 0.0989. The van der Waals surface area contributed by atoms with E-state index >= 15 is 0 Å². The molecule has 0 aliphatic rings. The Labute approximate surface area is 115 Å². The van der Waals surface area contributed by atoms with Crippen molar-refractivity contribution in [2.45, 2.75) is 45.2 Å². The number of aromatic nitrogens is 1. The van der Waals surface area contributed by atoms with Crippen LogP contribution in [0.5, 0.6) is 0 Å². The summed E-state index contributed by atoms with van der Waals surface area (Å²) in [7, 11) is -3.55. The van der Waals surface area contributed by atoms with E-state index in [1.807, 2.05) is 27.7 Å². The van der Waals surface area contributed by atoms with Crippen molar-refractivity contribution in [3.05, 3.63) is 24.0 Å². The van der Waals surface area contributed by atoms with Crippen LogP contribution in [0.2, 0.25) is 0 Å². The maximum Gasteiger partial charge on any atom is 0.245 e. The average Bonchev–Trinajstić information content (AvgIpc) is 2.35. The zero-order valence-electron chi connectivity index (χ0n) is 12.0. The van der Waals surface area contributed by atoms with Gasteiger partial charge in [0.2, 0.25) is 10.0 Å². The Morgan fingerprint density at radius 1 is 1.32 bits per heavy atom. The Kier molecular flexibility index (Phi) is 5.46. The van der Waals surface area contributed by atoms with Crippen LogP contribution in [0.15, 0.2) is 23.2 Å². The Balaban J connectivity index is 3.27. The van der Waals surface area contributed by atoms with E-state index in [-0.39, 0.29) is 23.4 Å². The largest absolute Gasteiger partial charge is 0.325 e. The number of pyridine rings is 1. The topological polar surface area (TPSA) is 76.3 Å². The normalized spacial score (nSPS) is 12.6. The van der Waals surface area contributed by atoms with Crippen molar-refractivity contribution in [3.63, 3.8) is 0 Å². The molecule has 0 fully saturated rings. The number of hydrogen-bond donors (Lipinski definition) is 1. The summed E-state index contributed by atoms with van der Waals surface area (Å²) >= 11 is 0. The lowest BCUT2D eigenvalue weighted by molar-refractivity contribution is 0.318. The van der Waals surface area contributed by atoms with Gasteiger partial charge in [0.1, 0.15) is 4.90 Å². The third-order valence-corrected chi connectivity index (χ3v) is 4.87. The first-order valence-electron chi connectivity index (χ1n) is 6.46. The molecule has 108 valence electrons. The first-order valence-corrected chi connectivity index (χ1v) is 7.90. The summed E-state index contributed by atoms with van der Waals surface area (Å²) in [5.41, 5.74) is 5.99. The predicted octanol–water partition coefficient (Wildman–Crippen LogP) is 1.60. The molecule has 0 spiro atoms. The number of sulfonamides is 1. The third-order valence-electron chi connectivity index (χ3n) is 2.75. The maximum atomic E-state index is 12.7. The van der Waals surface area contributed by atoms with E-state index in [4.69, 9.17) is 5.73 Å². The summed E-state index contributed by atoms with van der Waals surface area (Å²) in [6, 6.07) is 3.10. The molecule has 1 heterocycles. The van der Waals surface area contributed by atoms with Crippen molar-refractivity contribution in [1.82, 2.24) is 9.29 Å². The molecule has 0 radical (unpaired) electrons. The molecule has 0 unspecified atom stereocenters. The zero-order valence-corrected chi connectivity index (χ0v) is 12.8. The Bertz CT molecular complexity index is 512. The minimum atomic E-state index is -3.55. The van der Waals surface area contributed by atoms with E-state index in [0.717, 1.165) is 0 Å². The van der Waals surface area contributed by atoms with Crippen molar-refractivity contribution in [2.24, 2.45) is 11.7 Å². The van der Waals surface area contributed by atoms with Crippen LogP contribution < -0.4 is 5.73 Å². The van der Waals surface area contributed by atoms with Crippen LogP contribution in [0.1, 0.15) is 33.4 Å². The predicted molar refractivity (Wildman–Crippen MR) is 76.0 cm³/mol. The average molecular weight is 285 g/mol. The summed E-state index contributed by atoms with van der Waals surface area (Å²) < 4.78 is 26.9. The lowest BCUT2D eigenvalue weighted by Crippen LogP contribution is -2.40. The molecule has 0 aliphatic heterocycles. The maximum absolute atomic E-state index is 12.7. The van der Waals surface area contributed by atoms with Crippen LogP contribution in [0.4, 0.5) is 0 Å². The van der Waals surface area contributed by atoms with Gasteiger partial charge in [0, 0.05) is 25.3 Å². The lowest BCUT2D eigenvalue weighted by atomic mass is 10.2. The summed E-state index contributed by atoms with van der Waals surface area (Å²) in [5, 5.41) is 0. The highest BCUT2D eigenvalue weighted by atomic mass is 32.2. The molecular formula is C13H23N3O2S. The Morgan fingerprint density at radius 3 is 2.42 bits per heavy atom. The third kappa shape index (κ3) is 3.75. The molecule has 1 aromatic heterocycles. The van der Waals surface area contributed by atoms with Crippen LogP contribution in [0.3, 0.4) is 0 Å². The molecule has 2 N–H and O–H groups in total. The first kappa shape index (κ1) is 16.1. The summed E-state index contributed by atoms with van der Waals surface area (Å²) in [5.74, 6) is 0.259. The molecule has 0 bridgehead atoms. The molecule has 0 atom stereocenters. The Morgan fingerprint density at radius 2 is 1.95 bits per heavy atom. The van der Waals surface area contributed by atoms with Gasteiger partial charge >= 0.3 is 0 Å². The van der Waals surface area contributed by atoms with Crippen LogP contribution in [-0.2, 0) is 16.6 Å². The van der Waals surface area contributed by atoms with Gasteiger partial charge in [0.15, 0.2) is 0 Å². The highest BCUT2D eigenvalue weighted by Gasteiger charge is 2.29. The van der Waals surface area contributed by atoms with Gasteiger partial charge in [-0.05, 0) is 31.9 Å². The molecule has 0 saturated carbocycles. The molecule has 0 aromatic carbocycles. The summed E-state index contributed by atoms with van der Waals surface area (Å²) in [6.45, 7) is 8.34. The summed E-state index contributed by atoms with van der Waals surface area (Å²) in [6.07, 6.45) is 1.56. The van der Waals surface area contributed by atoms with Crippen molar-refractivity contribution in [1.29, 1.82) is 0 Å². The number of nitrogens with zero attached hydrogens (tertiary/aromatic N) is 2. The zero-order chi connectivity index (χ0) is 14.6. The molecule has 6 heteroatoms. The van der Waals surface area contributed by atoms with Crippen LogP contribution in [0, 0.1) is 5.92 Å². The molecule has 0 amide bonds. The van der Waals surface area contributed by atoms with Gasteiger partial charge in [-0.1, -0.05) is 13.8 Å². The van der Waals surface area contributed by atoms with Crippen LogP contribution >= 0.6 is 0 Å². The number of hydrogen-bond acceptors (Lipinski definition) is 4. The van der Waals surface area contributed by atoms with Crippen molar-refractivity contribution in [2.75, 3.05) is 6.54 Å². The second kappa shape index (κ2) is 6.45. The van der Waals surface area contributed by atoms with Crippen LogP contribution in [-0.4, -0.2) is 30.3 Å². The van der Waals surface area contributed by atoms with Crippen LogP contribution in [0.25, 0.3) is 0 Å². The van der Waals surface area contributed by atoms with Crippen molar-refractivity contribution in [3.8, 4) is 0 Å². The fourth-order valence-corrected chi connectivity index (χ4v) is 3.87. The monoisotopic (exact) mass is 285 g/mol. The van der Waals surface area contributed by atoms with E-state index in [1.54, 1.807) is 18.3 Å². The number of nitrogens with two attached hydrogens (primary N) is 1. The second-order valence-electron chi connectivity index (χ2n) is 5.21. The Hall–Kier alpha value is -0.980. The van der Waals surface area contributed by atoms with Gasteiger partial charge in [-0.2, -0.15) is 4.31 Å². The molecule has 5 nitrogen and oxygen atoms in total. The molecule has 1 rings (SSSR count). The number of rotatable bonds is 6. The molecular weight excluding hydrogens is 262 g/mol. The molecule has 19 heavy (non-hydrogen) atoms. The van der Waals surface area contributed by atoms with Gasteiger partial charge in [0.05, 0.1) is 5.69 Å². The first-order chi connectivity index (χ1) is 8.80.